The molecule has 0 nitrogen and oxygen atoms in total. The highest BCUT2D eigenvalue weighted by Gasteiger charge is 2.08. The lowest BCUT2D eigenvalue weighted by Gasteiger charge is -2.09. The van der Waals surface area contributed by atoms with Gasteiger partial charge in [0.25, 0.3) is 6.43 Å². The van der Waals surface area contributed by atoms with Crippen molar-refractivity contribution in [1.82, 2.24) is 0 Å². The number of aryl methyl sites for hydroxylation is 1. The second-order valence-corrected chi connectivity index (χ2v) is 4.46. The molecule has 100 valence electrons. The van der Waals surface area contributed by atoms with Gasteiger partial charge in [0.15, 0.2) is 0 Å². The molecule has 0 bridgehead atoms. The predicted octanol–water partition coefficient (Wildman–Crippen LogP) is 5.79. The van der Waals surface area contributed by atoms with Crippen LogP contribution in [-0.2, 0) is 0 Å². The summed E-state index contributed by atoms with van der Waals surface area (Å²) in [4.78, 5) is 0. The van der Waals surface area contributed by atoms with E-state index < -0.39 is 6.43 Å². The summed E-state index contributed by atoms with van der Waals surface area (Å²) in [5.41, 5.74) is 3.22. The van der Waals surface area contributed by atoms with Crippen molar-refractivity contribution in [3.63, 3.8) is 0 Å². The van der Waals surface area contributed by atoms with E-state index in [0.29, 0.717) is 5.92 Å². The molecule has 0 amide bonds. The van der Waals surface area contributed by atoms with E-state index in [1.165, 1.54) is 11.6 Å². The summed E-state index contributed by atoms with van der Waals surface area (Å²) >= 11 is 0. The lowest BCUT2D eigenvalue weighted by molar-refractivity contribution is 0.151. The van der Waals surface area contributed by atoms with Crippen LogP contribution in [0.25, 0.3) is 6.08 Å². The van der Waals surface area contributed by atoms with Crippen molar-refractivity contribution >= 4 is 6.08 Å². The Balaban J connectivity index is 0.00000137. The van der Waals surface area contributed by atoms with Crippen LogP contribution in [0, 0.1) is 12.8 Å². The molecule has 0 aromatic heterocycles. The van der Waals surface area contributed by atoms with E-state index in [2.05, 4.69) is 27.0 Å². The molecule has 0 unspecified atom stereocenters. The van der Waals surface area contributed by atoms with E-state index in [9.17, 15) is 8.78 Å². The highest BCUT2D eigenvalue weighted by molar-refractivity contribution is 5.57. The van der Waals surface area contributed by atoms with Gasteiger partial charge in [0, 0.05) is 5.56 Å². The Bertz CT molecular complexity index is 404. The molecule has 0 fully saturated rings. The van der Waals surface area contributed by atoms with E-state index in [0.717, 1.165) is 11.1 Å². The largest absolute Gasteiger partial charge is 0.263 e. The Hall–Kier alpha value is -1.44. The zero-order valence-corrected chi connectivity index (χ0v) is 11.6. The fourth-order valence-corrected chi connectivity index (χ4v) is 1.36. The normalized spacial score (nSPS) is 11.4. The third-order valence-electron chi connectivity index (χ3n) is 2.85. The SMILES string of the molecule is C/C(=C/c1cc(C(F)F)ccc1C)C(C)C.C=C. The van der Waals surface area contributed by atoms with E-state index >= 15 is 0 Å². The van der Waals surface area contributed by atoms with Crippen LogP contribution in [0.4, 0.5) is 8.78 Å². The molecular formula is C16H22F2. The smallest absolute Gasteiger partial charge is 0.205 e. The Kier molecular flexibility index (Phi) is 7.18. The van der Waals surface area contributed by atoms with E-state index in [1.54, 1.807) is 12.1 Å². The first-order chi connectivity index (χ1) is 8.41. The second kappa shape index (κ2) is 7.80. The summed E-state index contributed by atoms with van der Waals surface area (Å²) in [6, 6.07) is 4.81. The molecule has 0 spiro atoms. The van der Waals surface area contributed by atoms with Crippen LogP contribution in [0.5, 0.6) is 0 Å². The summed E-state index contributed by atoms with van der Waals surface area (Å²) in [6.45, 7) is 14.2. The van der Waals surface area contributed by atoms with Crippen molar-refractivity contribution in [3.8, 4) is 0 Å². The fourth-order valence-electron chi connectivity index (χ4n) is 1.36. The van der Waals surface area contributed by atoms with Crippen molar-refractivity contribution in [2.24, 2.45) is 5.92 Å². The maximum absolute atomic E-state index is 12.6. The Morgan fingerprint density at radius 1 is 1.22 bits per heavy atom. The highest BCUT2D eigenvalue weighted by Crippen LogP contribution is 2.24. The van der Waals surface area contributed by atoms with Gasteiger partial charge in [-0.05, 0) is 37.0 Å². The van der Waals surface area contributed by atoms with Gasteiger partial charge >= 0.3 is 0 Å². The van der Waals surface area contributed by atoms with Gasteiger partial charge in [-0.15, -0.1) is 13.2 Å². The number of alkyl halides is 2. The van der Waals surface area contributed by atoms with Crippen LogP contribution >= 0.6 is 0 Å². The third kappa shape index (κ3) is 4.82. The molecule has 0 heterocycles. The Morgan fingerprint density at radius 3 is 2.22 bits per heavy atom. The molecule has 0 aliphatic heterocycles. The van der Waals surface area contributed by atoms with E-state index in [4.69, 9.17) is 0 Å². The number of hydrogen-bond donors (Lipinski definition) is 0. The lowest BCUT2D eigenvalue weighted by atomic mass is 9.98. The molecule has 0 atom stereocenters. The highest BCUT2D eigenvalue weighted by atomic mass is 19.3. The van der Waals surface area contributed by atoms with Gasteiger partial charge in [-0.3, -0.25) is 0 Å². The zero-order chi connectivity index (χ0) is 14.3. The molecule has 0 radical (unpaired) electrons. The van der Waals surface area contributed by atoms with Gasteiger partial charge in [-0.1, -0.05) is 37.6 Å². The maximum atomic E-state index is 12.6. The quantitative estimate of drug-likeness (QED) is 0.597. The van der Waals surface area contributed by atoms with Gasteiger partial charge < -0.3 is 0 Å². The minimum Gasteiger partial charge on any atom is -0.205 e. The third-order valence-corrected chi connectivity index (χ3v) is 2.85. The number of allylic oxidation sites excluding steroid dienone is 1. The van der Waals surface area contributed by atoms with Crippen molar-refractivity contribution < 1.29 is 8.78 Å². The van der Waals surface area contributed by atoms with Crippen LogP contribution in [-0.4, -0.2) is 0 Å². The summed E-state index contributed by atoms with van der Waals surface area (Å²) in [5.74, 6) is 0.439. The van der Waals surface area contributed by atoms with Crippen molar-refractivity contribution in [2.75, 3.05) is 0 Å². The molecular weight excluding hydrogens is 230 g/mol. The molecule has 1 aromatic rings. The lowest BCUT2D eigenvalue weighted by Crippen LogP contribution is -1.92. The monoisotopic (exact) mass is 252 g/mol. The first-order valence-corrected chi connectivity index (χ1v) is 5.98. The number of hydrogen-bond acceptors (Lipinski definition) is 0. The van der Waals surface area contributed by atoms with Crippen LogP contribution in [0.2, 0.25) is 0 Å². The maximum Gasteiger partial charge on any atom is 0.263 e. The Labute approximate surface area is 109 Å². The average molecular weight is 252 g/mol. The second-order valence-electron chi connectivity index (χ2n) is 4.46. The standard InChI is InChI=1S/C14H18F2.C2H4/c1-9(2)11(4)7-13-8-12(14(15)16)6-5-10(13)3;1-2/h5-9,14H,1-4H3;1-2H2/b11-7-;. The van der Waals surface area contributed by atoms with Crippen molar-refractivity contribution in [1.29, 1.82) is 0 Å². The van der Waals surface area contributed by atoms with Gasteiger partial charge in [-0.25, -0.2) is 8.78 Å². The van der Waals surface area contributed by atoms with Gasteiger partial charge in [0.1, 0.15) is 0 Å². The summed E-state index contributed by atoms with van der Waals surface area (Å²) < 4.78 is 25.1. The minimum atomic E-state index is -2.40. The van der Waals surface area contributed by atoms with Crippen molar-refractivity contribution in [2.45, 2.75) is 34.1 Å². The molecule has 1 aromatic carbocycles. The number of halogens is 2. The molecule has 0 N–H and O–H groups in total. The molecule has 0 aliphatic rings. The van der Waals surface area contributed by atoms with Crippen molar-refractivity contribution in [3.05, 3.63) is 53.6 Å². The molecule has 2 heteroatoms. The van der Waals surface area contributed by atoms with Gasteiger partial charge in [-0.2, -0.15) is 0 Å². The summed E-state index contributed by atoms with van der Waals surface area (Å²) in [5, 5.41) is 0. The fraction of sp³-hybridized carbons (Fsp3) is 0.375. The summed E-state index contributed by atoms with van der Waals surface area (Å²) in [6.07, 6.45) is -0.404. The first-order valence-electron chi connectivity index (χ1n) is 5.98. The average Bonchev–Trinajstić information content (AvgIpc) is 2.34. The molecule has 0 saturated heterocycles. The molecule has 1 rings (SSSR count). The minimum absolute atomic E-state index is 0.0911. The zero-order valence-electron chi connectivity index (χ0n) is 11.6. The van der Waals surface area contributed by atoms with Gasteiger partial charge in [0.05, 0.1) is 0 Å². The van der Waals surface area contributed by atoms with Crippen LogP contribution < -0.4 is 0 Å². The predicted molar refractivity (Wildman–Crippen MR) is 75.9 cm³/mol. The molecule has 0 aliphatic carbocycles. The first kappa shape index (κ1) is 16.6. The number of benzene rings is 1. The Morgan fingerprint density at radius 2 is 1.78 bits per heavy atom. The van der Waals surface area contributed by atoms with E-state index in [-0.39, 0.29) is 5.56 Å². The topological polar surface area (TPSA) is 0 Å². The molecule has 18 heavy (non-hydrogen) atoms. The van der Waals surface area contributed by atoms with Crippen LogP contribution in [0.1, 0.15) is 43.9 Å². The van der Waals surface area contributed by atoms with Crippen LogP contribution in [0.3, 0.4) is 0 Å². The number of rotatable bonds is 3. The van der Waals surface area contributed by atoms with Gasteiger partial charge in [0.2, 0.25) is 0 Å². The molecule has 0 saturated carbocycles. The van der Waals surface area contributed by atoms with Crippen LogP contribution in [0.15, 0.2) is 36.9 Å². The van der Waals surface area contributed by atoms with E-state index in [1.807, 2.05) is 19.9 Å². The summed E-state index contributed by atoms with van der Waals surface area (Å²) in [7, 11) is 0.